The Morgan fingerprint density at radius 3 is 2.76 bits per heavy atom. The van der Waals surface area contributed by atoms with Crippen molar-refractivity contribution >= 4 is 23.3 Å². The maximum Gasteiger partial charge on any atom is 0.416 e. The van der Waals surface area contributed by atoms with Gasteiger partial charge in [-0.05, 0) is 50.2 Å². The molecule has 0 bridgehead atoms. The van der Waals surface area contributed by atoms with Crippen molar-refractivity contribution in [1.29, 1.82) is 0 Å². The van der Waals surface area contributed by atoms with E-state index in [0.717, 1.165) is 25.0 Å². The highest BCUT2D eigenvalue weighted by atomic mass is 32.1. The van der Waals surface area contributed by atoms with Crippen LogP contribution >= 0.6 is 12.2 Å². The SMILES string of the molecule is CC1(n2c(=S)[nH]c3cc(C(F)(F)F)ccc32)CCCOC1. The summed E-state index contributed by atoms with van der Waals surface area (Å²) in [5.41, 5.74) is 0.0823. The fourth-order valence-electron chi connectivity index (χ4n) is 2.92. The van der Waals surface area contributed by atoms with Gasteiger partial charge in [0.1, 0.15) is 0 Å². The smallest absolute Gasteiger partial charge is 0.379 e. The molecule has 1 aromatic carbocycles. The molecule has 2 heterocycles. The molecule has 0 radical (unpaired) electrons. The van der Waals surface area contributed by atoms with E-state index in [2.05, 4.69) is 4.98 Å². The molecule has 114 valence electrons. The predicted octanol–water partition coefficient (Wildman–Crippen LogP) is 4.24. The van der Waals surface area contributed by atoms with Gasteiger partial charge in [0, 0.05) is 6.61 Å². The van der Waals surface area contributed by atoms with Gasteiger partial charge in [-0.25, -0.2) is 0 Å². The van der Waals surface area contributed by atoms with Gasteiger partial charge in [0.15, 0.2) is 4.77 Å². The van der Waals surface area contributed by atoms with Crippen LogP contribution in [0.2, 0.25) is 0 Å². The average molecular weight is 316 g/mol. The fourth-order valence-corrected chi connectivity index (χ4v) is 3.35. The first-order valence-corrected chi connectivity index (χ1v) is 7.12. The summed E-state index contributed by atoms with van der Waals surface area (Å²) in [7, 11) is 0. The van der Waals surface area contributed by atoms with Crippen molar-refractivity contribution in [3.05, 3.63) is 28.5 Å². The largest absolute Gasteiger partial charge is 0.416 e. The van der Waals surface area contributed by atoms with Crippen molar-refractivity contribution in [1.82, 2.24) is 9.55 Å². The Bertz CT molecular complexity index is 726. The summed E-state index contributed by atoms with van der Waals surface area (Å²) in [6, 6.07) is 3.67. The molecule has 21 heavy (non-hydrogen) atoms. The third-order valence-electron chi connectivity index (χ3n) is 3.97. The van der Waals surface area contributed by atoms with Crippen molar-refractivity contribution in [2.75, 3.05) is 13.2 Å². The number of hydrogen-bond donors (Lipinski definition) is 1. The van der Waals surface area contributed by atoms with Crippen molar-refractivity contribution in [3.8, 4) is 0 Å². The number of ether oxygens (including phenoxy) is 1. The van der Waals surface area contributed by atoms with E-state index in [1.165, 1.54) is 6.07 Å². The van der Waals surface area contributed by atoms with E-state index < -0.39 is 11.7 Å². The topological polar surface area (TPSA) is 29.9 Å². The Morgan fingerprint density at radius 1 is 1.38 bits per heavy atom. The molecule has 1 fully saturated rings. The van der Waals surface area contributed by atoms with Crippen LogP contribution < -0.4 is 0 Å². The van der Waals surface area contributed by atoms with E-state index in [9.17, 15) is 13.2 Å². The summed E-state index contributed by atoms with van der Waals surface area (Å²) in [6.07, 6.45) is -2.57. The molecule has 0 amide bonds. The third-order valence-corrected chi connectivity index (χ3v) is 4.25. The van der Waals surface area contributed by atoms with Crippen LogP contribution in [0.4, 0.5) is 13.2 Å². The normalized spacial score (nSPS) is 23.6. The van der Waals surface area contributed by atoms with Crippen LogP contribution in [0.5, 0.6) is 0 Å². The Labute approximate surface area is 124 Å². The number of aromatic nitrogens is 2. The van der Waals surface area contributed by atoms with Gasteiger partial charge in [-0.15, -0.1) is 0 Å². The van der Waals surface area contributed by atoms with Gasteiger partial charge in [0.25, 0.3) is 0 Å². The summed E-state index contributed by atoms with van der Waals surface area (Å²) in [5, 5.41) is 0. The first-order valence-electron chi connectivity index (χ1n) is 6.71. The molecule has 1 atom stereocenters. The Kier molecular flexibility index (Phi) is 3.37. The van der Waals surface area contributed by atoms with Gasteiger partial charge in [0.05, 0.1) is 28.7 Å². The number of alkyl halides is 3. The molecule has 1 aromatic heterocycles. The number of halogens is 3. The second-order valence-corrected chi connectivity index (χ2v) is 6.04. The molecule has 1 saturated heterocycles. The average Bonchev–Trinajstić information content (AvgIpc) is 2.74. The van der Waals surface area contributed by atoms with Crippen LogP contribution in [-0.2, 0) is 16.5 Å². The number of imidazole rings is 1. The minimum atomic E-state index is -4.36. The molecule has 1 N–H and O–H groups in total. The molecular weight excluding hydrogens is 301 g/mol. The van der Waals surface area contributed by atoms with E-state index in [1.807, 2.05) is 11.5 Å². The summed E-state index contributed by atoms with van der Waals surface area (Å²) >= 11 is 5.31. The predicted molar refractivity (Wildman–Crippen MR) is 75.8 cm³/mol. The zero-order chi connectivity index (χ0) is 15.3. The summed E-state index contributed by atoms with van der Waals surface area (Å²) in [6.45, 7) is 3.24. The van der Waals surface area contributed by atoms with Crippen LogP contribution in [-0.4, -0.2) is 22.8 Å². The zero-order valence-corrected chi connectivity index (χ0v) is 12.3. The van der Waals surface area contributed by atoms with E-state index in [1.54, 1.807) is 0 Å². The number of nitrogens with one attached hydrogen (secondary N) is 1. The molecule has 2 aromatic rings. The minimum absolute atomic E-state index is 0.326. The first-order chi connectivity index (χ1) is 9.81. The van der Waals surface area contributed by atoms with Crippen molar-refractivity contribution in [3.63, 3.8) is 0 Å². The highest BCUT2D eigenvalue weighted by molar-refractivity contribution is 7.71. The van der Waals surface area contributed by atoms with Gasteiger partial charge in [-0.1, -0.05) is 0 Å². The van der Waals surface area contributed by atoms with Crippen molar-refractivity contribution in [2.24, 2.45) is 0 Å². The second kappa shape index (κ2) is 4.84. The van der Waals surface area contributed by atoms with Crippen LogP contribution in [0, 0.1) is 4.77 Å². The maximum absolute atomic E-state index is 12.8. The number of fused-ring (bicyclic) bond motifs is 1. The van der Waals surface area contributed by atoms with Gasteiger partial charge in [-0.2, -0.15) is 13.2 Å². The number of H-pyrrole nitrogens is 1. The van der Waals surface area contributed by atoms with E-state index in [-0.39, 0.29) is 5.54 Å². The molecular formula is C14H15F3N2OS. The number of benzene rings is 1. The van der Waals surface area contributed by atoms with Crippen molar-refractivity contribution < 1.29 is 17.9 Å². The molecule has 0 aliphatic carbocycles. The van der Waals surface area contributed by atoms with Crippen LogP contribution in [0.1, 0.15) is 25.3 Å². The lowest BCUT2D eigenvalue weighted by Gasteiger charge is -2.35. The fraction of sp³-hybridized carbons (Fsp3) is 0.500. The van der Waals surface area contributed by atoms with Crippen LogP contribution in [0.3, 0.4) is 0 Å². The lowest BCUT2D eigenvalue weighted by Crippen LogP contribution is -2.39. The summed E-state index contributed by atoms with van der Waals surface area (Å²) < 4.78 is 46.2. The molecule has 0 saturated carbocycles. The standard InChI is InChI=1S/C14H15F3N2OS/c1-13(5-2-6-20-8-13)19-11-4-3-9(14(15,16)17)7-10(11)18-12(19)21/h3-4,7H,2,5-6,8H2,1H3,(H,18,21). The molecule has 0 spiro atoms. The molecule has 1 aliphatic heterocycles. The molecule has 1 unspecified atom stereocenters. The Balaban J connectivity index is 2.16. The van der Waals surface area contributed by atoms with E-state index in [0.29, 0.717) is 29.0 Å². The highest BCUT2D eigenvalue weighted by Crippen LogP contribution is 2.34. The third kappa shape index (κ3) is 2.48. The Morgan fingerprint density at radius 2 is 2.14 bits per heavy atom. The first kappa shape index (κ1) is 14.6. The molecule has 7 heteroatoms. The van der Waals surface area contributed by atoms with E-state index >= 15 is 0 Å². The van der Waals surface area contributed by atoms with Gasteiger partial charge in [0.2, 0.25) is 0 Å². The second-order valence-electron chi connectivity index (χ2n) is 5.65. The van der Waals surface area contributed by atoms with Crippen LogP contribution in [0.15, 0.2) is 18.2 Å². The minimum Gasteiger partial charge on any atom is -0.379 e. The van der Waals surface area contributed by atoms with E-state index in [4.69, 9.17) is 17.0 Å². The lowest BCUT2D eigenvalue weighted by atomic mass is 9.94. The maximum atomic E-state index is 12.8. The highest BCUT2D eigenvalue weighted by Gasteiger charge is 2.34. The number of nitrogens with zero attached hydrogens (tertiary/aromatic N) is 1. The Hall–Kier alpha value is -1.34. The summed E-state index contributed by atoms with van der Waals surface area (Å²) in [4.78, 5) is 2.88. The number of rotatable bonds is 1. The lowest BCUT2D eigenvalue weighted by molar-refractivity contribution is -0.137. The number of hydrogen-bond acceptors (Lipinski definition) is 2. The van der Waals surface area contributed by atoms with Crippen molar-refractivity contribution in [2.45, 2.75) is 31.5 Å². The van der Waals surface area contributed by atoms with Gasteiger partial charge >= 0.3 is 6.18 Å². The zero-order valence-electron chi connectivity index (χ0n) is 11.5. The van der Waals surface area contributed by atoms with Crippen LogP contribution in [0.25, 0.3) is 11.0 Å². The van der Waals surface area contributed by atoms with Gasteiger partial charge in [-0.3, -0.25) is 0 Å². The molecule has 3 rings (SSSR count). The number of aromatic amines is 1. The van der Waals surface area contributed by atoms with Gasteiger partial charge < -0.3 is 14.3 Å². The molecule has 1 aliphatic rings. The monoisotopic (exact) mass is 316 g/mol. The molecule has 3 nitrogen and oxygen atoms in total. The quantitative estimate of drug-likeness (QED) is 0.797. The summed E-state index contributed by atoms with van der Waals surface area (Å²) in [5.74, 6) is 0.